The maximum absolute atomic E-state index is 14.7. The van der Waals surface area contributed by atoms with Gasteiger partial charge in [-0.1, -0.05) is 66.4 Å². The Bertz CT molecular complexity index is 2530. The number of hydrogen-bond acceptors (Lipinski definition) is 11. The van der Waals surface area contributed by atoms with Crippen LogP contribution in [0.2, 0.25) is 0 Å². The molecule has 0 aromatic heterocycles. The van der Waals surface area contributed by atoms with Crippen molar-refractivity contribution in [1.82, 2.24) is 5.32 Å². The minimum Gasteiger partial charge on any atom is -0.489 e. The minimum absolute atomic E-state index is 0.0170. The predicted molar refractivity (Wildman–Crippen MR) is 263 cm³/mol. The Labute approximate surface area is 419 Å². The van der Waals surface area contributed by atoms with Crippen LogP contribution in [0.25, 0.3) is 0 Å². The molecule has 0 fully saturated rings. The summed E-state index contributed by atoms with van der Waals surface area (Å²) in [6.45, 7) is 8.43. The highest BCUT2D eigenvalue weighted by Crippen LogP contribution is 2.42. The van der Waals surface area contributed by atoms with Gasteiger partial charge in [0.25, 0.3) is 23.6 Å². The number of rotatable bonds is 13. The summed E-state index contributed by atoms with van der Waals surface area (Å²) in [5.74, 6) is -0.537. The van der Waals surface area contributed by atoms with Gasteiger partial charge in [-0.2, -0.15) is 0 Å². The van der Waals surface area contributed by atoms with E-state index in [1.807, 2.05) is 63.2 Å². The zero-order valence-corrected chi connectivity index (χ0v) is 42.0. The molecular formula is C47H54Cl3FN5O13P. The highest BCUT2D eigenvalue weighted by molar-refractivity contribution is 7.51. The normalized spacial score (nSPS) is 15.9. The molecule has 4 N–H and O–H groups in total. The molecule has 0 bridgehead atoms. The Hall–Kier alpha value is -5.55. The second kappa shape index (κ2) is 26.6. The van der Waals surface area contributed by atoms with E-state index >= 15 is 0 Å². The molecular weight excluding hydrogens is 999 g/mol. The Kier molecular flexibility index (Phi) is 21.7. The molecule has 0 saturated heterocycles. The Morgan fingerprint density at radius 2 is 1.64 bits per heavy atom. The molecule has 3 aliphatic heterocycles. The summed E-state index contributed by atoms with van der Waals surface area (Å²) in [6, 6.07) is 15.7. The molecule has 3 heterocycles. The smallest absolute Gasteiger partial charge is 0.339 e. The van der Waals surface area contributed by atoms with Gasteiger partial charge in [0.05, 0.1) is 48.2 Å². The van der Waals surface area contributed by atoms with Crippen molar-refractivity contribution in [3.8, 4) is 23.8 Å². The van der Waals surface area contributed by atoms with Crippen LogP contribution in [-0.2, 0) is 44.5 Å². The molecule has 378 valence electrons. The van der Waals surface area contributed by atoms with E-state index in [0.29, 0.717) is 43.0 Å². The molecule has 3 aromatic rings. The molecule has 0 saturated carbocycles. The number of aliphatic carboxylic acids is 1. The average molecular weight is 1050 g/mol. The number of nitrogens with one attached hydrogen (secondary N) is 1. The van der Waals surface area contributed by atoms with Crippen molar-refractivity contribution < 1.29 is 66.8 Å². The number of imide groups is 1. The van der Waals surface area contributed by atoms with Gasteiger partial charge >= 0.3 is 13.6 Å². The molecule has 4 aliphatic rings. The van der Waals surface area contributed by atoms with Crippen LogP contribution in [0.1, 0.15) is 57.6 Å². The van der Waals surface area contributed by atoms with Crippen LogP contribution < -0.4 is 34.4 Å². The molecule has 70 heavy (non-hydrogen) atoms. The fourth-order valence-electron chi connectivity index (χ4n) is 7.56. The first-order chi connectivity index (χ1) is 33.2. The van der Waals surface area contributed by atoms with Crippen molar-refractivity contribution >= 4 is 101 Å². The topological polar surface area (TPSA) is 233 Å². The number of benzene rings is 3. The second-order valence-corrected chi connectivity index (χ2v) is 18.7. The standard InChI is InChI=1S/C19H15FN2O4.C14H20ClNO2.C11H11Cl2NO2.C3H8NO5P/c1-2-7-21-15-9-14(13(20)8-16(15)26-10-17(21)23)22-18(24)11-5-3-4-6-12(11)19(22)25;1-4-12-8-6-7-11(3)14(12)16(10-18-5-2)13(17)9-15;1-7-6-16-9-5-3-2-4-8(9)14(7)11(15)10(12)13;5-3(6)1-4-2-10(7,8)9/h1,8-9H,3-7,10H2;6-8H,4-5,9-10H2,1-3H3;2-5,7,10H,6H2,1H3;4H,1-2H2,(H,5,6)(H2,7,8,9). The van der Waals surface area contributed by atoms with Gasteiger partial charge in [-0.25, -0.2) is 9.29 Å². The fraction of sp³-hybridized carbons (Fsp3) is 0.404. The van der Waals surface area contributed by atoms with E-state index in [1.54, 1.807) is 9.80 Å². The number of halogens is 4. The van der Waals surface area contributed by atoms with Crippen molar-refractivity contribution in [1.29, 1.82) is 0 Å². The number of carboxylic acid groups (broad SMARTS) is 1. The summed E-state index contributed by atoms with van der Waals surface area (Å²) in [5.41, 5.74) is 4.84. The lowest BCUT2D eigenvalue weighted by Crippen LogP contribution is -2.47. The third-order valence-electron chi connectivity index (χ3n) is 10.7. The van der Waals surface area contributed by atoms with Crippen LogP contribution in [0.3, 0.4) is 0 Å². The molecule has 1 unspecified atom stereocenters. The number of alkyl halides is 3. The summed E-state index contributed by atoms with van der Waals surface area (Å²) in [7, 11) is -4.10. The number of anilines is 4. The van der Waals surface area contributed by atoms with E-state index in [2.05, 4.69) is 18.2 Å². The van der Waals surface area contributed by atoms with Crippen LogP contribution >= 0.6 is 42.4 Å². The second-order valence-electron chi connectivity index (χ2n) is 15.6. The summed E-state index contributed by atoms with van der Waals surface area (Å²) < 4.78 is 40.9. The number of terminal acetylenes is 1. The lowest BCUT2D eigenvalue weighted by molar-refractivity contribution is -0.136. The number of carbonyl (C=O) groups excluding carboxylic acids is 5. The molecule has 0 spiro atoms. The summed E-state index contributed by atoms with van der Waals surface area (Å²) in [5, 5.41) is 10.1. The largest absolute Gasteiger partial charge is 0.489 e. The van der Waals surface area contributed by atoms with Gasteiger partial charge in [0.2, 0.25) is 5.91 Å². The van der Waals surface area contributed by atoms with Crippen LogP contribution in [0, 0.1) is 25.1 Å². The SMILES string of the molecule is C#CCN1C(=O)COc2cc(F)c(N3C(=O)C4=C(CCCC4)C3=O)cc21.CC1COc2ccccc2N1C(=O)C(Cl)Cl.CCOCN(C(=O)CCl)c1c(C)cccc1CC.O=C(O)CNCP(=O)(O)O. The minimum atomic E-state index is -4.10. The summed E-state index contributed by atoms with van der Waals surface area (Å²) in [4.78, 5) is 91.7. The third kappa shape index (κ3) is 14.7. The van der Waals surface area contributed by atoms with Crippen LogP contribution in [0.5, 0.6) is 11.5 Å². The highest BCUT2D eigenvalue weighted by atomic mass is 35.5. The number of ether oxygens (including phenoxy) is 3. The first kappa shape index (κ1) is 57.0. The monoisotopic (exact) mass is 1050 g/mol. The van der Waals surface area contributed by atoms with Crippen molar-refractivity contribution in [2.45, 2.75) is 70.7 Å². The van der Waals surface area contributed by atoms with Crippen molar-refractivity contribution in [2.24, 2.45) is 0 Å². The van der Waals surface area contributed by atoms with Gasteiger partial charge in [-0.3, -0.25) is 48.4 Å². The number of fused-ring (bicyclic) bond motifs is 2. The molecule has 18 nitrogen and oxygen atoms in total. The van der Waals surface area contributed by atoms with Gasteiger partial charge in [-0.15, -0.1) is 18.0 Å². The number of carboxylic acids is 1. The third-order valence-corrected chi connectivity index (χ3v) is 12.0. The predicted octanol–water partition coefficient (Wildman–Crippen LogP) is 6.45. The number of para-hydroxylation sites is 3. The van der Waals surface area contributed by atoms with Gasteiger partial charge in [0.1, 0.15) is 30.7 Å². The zero-order valence-electron chi connectivity index (χ0n) is 38.8. The maximum atomic E-state index is 14.7. The molecule has 23 heteroatoms. The van der Waals surface area contributed by atoms with E-state index in [9.17, 15) is 37.7 Å². The summed E-state index contributed by atoms with van der Waals surface area (Å²) in [6.07, 6.45) is 8.28. The molecule has 5 amide bonds. The zero-order chi connectivity index (χ0) is 51.9. The molecule has 0 radical (unpaired) electrons. The first-order valence-electron chi connectivity index (χ1n) is 21.8. The summed E-state index contributed by atoms with van der Waals surface area (Å²) >= 11 is 16.9. The van der Waals surface area contributed by atoms with Crippen molar-refractivity contribution in [3.05, 3.63) is 82.7 Å². The quantitative estimate of drug-likeness (QED) is 0.0474. The van der Waals surface area contributed by atoms with Crippen molar-refractivity contribution in [3.63, 3.8) is 0 Å². The van der Waals surface area contributed by atoms with E-state index in [-0.39, 0.29) is 66.7 Å². The van der Waals surface area contributed by atoms with Gasteiger partial charge < -0.3 is 34.0 Å². The van der Waals surface area contributed by atoms with E-state index in [0.717, 1.165) is 52.7 Å². The lowest BCUT2D eigenvalue weighted by atomic mass is 9.93. The van der Waals surface area contributed by atoms with Crippen molar-refractivity contribution in [2.75, 3.05) is 71.4 Å². The maximum Gasteiger partial charge on any atom is 0.339 e. The van der Waals surface area contributed by atoms with Crippen LogP contribution in [0.4, 0.5) is 27.1 Å². The van der Waals surface area contributed by atoms with E-state index in [1.165, 1.54) is 11.0 Å². The Balaban J connectivity index is 0.000000215. The Morgan fingerprint density at radius 1 is 0.986 bits per heavy atom. The van der Waals surface area contributed by atoms with Crippen LogP contribution in [-0.4, -0.2) is 113 Å². The Morgan fingerprint density at radius 3 is 2.21 bits per heavy atom. The first-order valence-corrected chi connectivity index (χ1v) is 25.0. The molecule has 3 aromatic carbocycles. The number of carbonyl (C=O) groups is 6. The van der Waals surface area contributed by atoms with Gasteiger partial charge in [0.15, 0.2) is 17.3 Å². The molecule has 1 atom stereocenters. The number of hydrogen-bond donors (Lipinski definition) is 4. The lowest BCUT2D eigenvalue weighted by Gasteiger charge is -2.35. The number of amides is 5. The van der Waals surface area contributed by atoms with E-state index < -0.39 is 48.9 Å². The fourth-order valence-corrected chi connectivity index (χ4v) is 8.32. The number of aryl methyl sites for hydroxylation is 2. The number of nitrogens with zero attached hydrogens (tertiary/aromatic N) is 4. The average Bonchev–Trinajstić information content (AvgIpc) is 3.58. The molecule has 7 rings (SSSR count). The van der Waals surface area contributed by atoms with Crippen LogP contribution in [0.15, 0.2) is 65.7 Å². The van der Waals surface area contributed by atoms with Gasteiger partial charge in [0, 0.05) is 23.8 Å². The highest BCUT2D eigenvalue weighted by Gasteiger charge is 2.42. The molecule has 1 aliphatic carbocycles. The van der Waals surface area contributed by atoms with E-state index in [4.69, 9.17) is 70.3 Å². The van der Waals surface area contributed by atoms with Gasteiger partial charge in [-0.05, 0) is 82.2 Å².